The molecule has 2 amide bonds. The summed E-state index contributed by atoms with van der Waals surface area (Å²) in [7, 11) is -3.85. The second-order valence-electron chi connectivity index (χ2n) is 7.65. The molecule has 29 heavy (non-hydrogen) atoms. The molecular weight excluding hydrogens is 407 g/mol. The van der Waals surface area contributed by atoms with Crippen molar-refractivity contribution in [1.29, 1.82) is 0 Å². The maximum absolute atomic E-state index is 13.5. The summed E-state index contributed by atoms with van der Waals surface area (Å²) >= 11 is 0. The molecule has 1 fully saturated rings. The normalized spacial score (nSPS) is 17.6. The van der Waals surface area contributed by atoms with E-state index in [1.807, 2.05) is 0 Å². The molecule has 1 saturated heterocycles. The van der Waals surface area contributed by atoms with Crippen molar-refractivity contribution >= 4 is 28.1 Å². The van der Waals surface area contributed by atoms with Gasteiger partial charge in [-0.3, -0.25) is 4.90 Å². The lowest BCUT2D eigenvalue weighted by Gasteiger charge is -2.38. The summed E-state index contributed by atoms with van der Waals surface area (Å²) in [6.07, 6.45) is -0.790. The predicted molar refractivity (Wildman–Crippen MR) is 103 cm³/mol. The number of carbonyl (C=O) groups is 2. The zero-order chi connectivity index (χ0) is 22.0. The Hall–Kier alpha value is -2.56. The van der Waals surface area contributed by atoms with Crippen molar-refractivity contribution in [1.82, 2.24) is 4.90 Å². The van der Waals surface area contributed by atoms with E-state index in [4.69, 9.17) is 9.47 Å². The standard InChI is InChI=1S/C18H25FN2O7S/c1-18(2,3)28-17(24)21(13-6-5-9-20(11-13)16(22)23)12-7-8-15(29(19,25)26)14(10-12)27-4/h7-8,10,13H,5-6,9,11H2,1-4H3,(H,22,23)/t13-/m1/s1. The Morgan fingerprint density at radius 2 is 1.97 bits per heavy atom. The molecule has 9 nitrogen and oxygen atoms in total. The lowest BCUT2D eigenvalue weighted by atomic mass is 10.0. The number of carbonyl (C=O) groups excluding carboxylic acids is 1. The van der Waals surface area contributed by atoms with Crippen LogP contribution in [0.15, 0.2) is 23.1 Å². The molecule has 0 spiro atoms. The lowest BCUT2D eigenvalue weighted by molar-refractivity contribution is 0.0541. The third-order valence-corrected chi connectivity index (χ3v) is 5.17. The largest absolute Gasteiger partial charge is 0.495 e. The average molecular weight is 432 g/mol. The highest BCUT2D eigenvalue weighted by atomic mass is 32.3. The number of nitrogens with zero attached hydrogens (tertiary/aromatic N) is 2. The Morgan fingerprint density at radius 3 is 2.48 bits per heavy atom. The van der Waals surface area contributed by atoms with Crippen LogP contribution in [0, 0.1) is 0 Å². The Morgan fingerprint density at radius 1 is 1.31 bits per heavy atom. The molecule has 1 N–H and O–H groups in total. The van der Waals surface area contributed by atoms with Gasteiger partial charge in [-0.05, 0) is 45.7 Å². The van der Waals surface area contributed by atoms with Gasteiger partial charge in [-0.25, -0.2) is 9.59 Å². The summed E-state index contributed by atoms with van der Waals surface area (Å²) in [5.74, 6) is -0.274. The van der Waals surface area contributed by atoms with E-state index >= 15 is 0 Å². The minimum atomic E-state index is -5.03. The fraction of sp³-hybridized carbons (Fsp3) is 0.556. The van der Waals surface area contributed by atoms with Gasteiger partial charge in [0.15, 0.2) is 0 Å². The van der Waals surface area contributed by atoms with Gasteiger partial charge >= 0.3 is 22.4 Å². The van der Waals surface area contributed by atoms with Crippen LogP contribution in [0.5, 0.6) is 5.75 Å². The monoisotopic (exact) mass is 432 g/mol. The smallest absolute Gasteiger partial charge is 0.415 e. The van der Waals surface area contributed by atoms with Gasteiger partial charge in [0.25, 0.3) is 0 Å². The molecule has 0 radical (unpaired) electrons. The second kappa shape index (κ2) is 8.44. The van der Waals surface area contributed by atoms with Gasteiger partial charge in [-0.2, -0.15) is 8.42 Å². The third kappa shape index (κ3) is 5.72. The summed E-state index contributed by atoms with van der Waals surface area (Å²) in [5.41, 5.74) is -0.608. The van der Waals surface area contributed by atoms with Crippen LogP contribution in [0.3, 0.4) is 0 Å². The van der Waals surface area contributed by atoms with Gasteiger partial charge < -0.3 is 19.5 Å². The predicted octanol–water partition coefficient (Wildman–Crippen LogP) is 3.24. The number of hydrogen-bond donors (Lipinski definition) is 1. The first kappa shape index (κ1) is 22.7. The van der Waals surface area contributed by atoms with Crippen LogP contribution in [0.1, 0.15) is 33.6 Å². The van der Waals surface area contributed by atoms with Crippen LogP contribution in [-0.4, -0.2) is 62.5 Å². The Bertz CT molecular complexity index is 883. The van der Waals surface area contributed by atoms with Gasteiger partial charge in [-0.1, -0.05) is 0 Å². The Labute approximate surface area is 169 Å². The maximum atomic E-state index is 13.5. The number of benzene rings is 1. The second-order valence-corrected chi connectivity index (χ2v) is 8.96. The van der Waals surface area contributed by atoms with E-state index in [9.17, 15) is 27.0 Å². The highest BCUT2D eigenvalue weighted by Gasteiger charge is 2.35. The van der Waals surface area contributed by atoms with Gasteiger partial charge in [0.05, 0.1) is 18.8 Å². The first-order chi connectivity index (χ1) is 13.3. The van der Waals surface area contributed by atoms with Gasteiger partial charge in [0.1, 0.15) is 16.2 Å². The van der Waals surface area contributed by atoms with E-state index in [1.165, 1.54) is 29.0 Å². The van der Waals surface area contributed by atoms with Crippen molar-refractivity contribution in [2.75, 3.05) is 25.1 Å². The van der Waals surface area contributed by atoms with Gasteiger partial charge in [0.2, 0.25) is 0 Å². The lowest BCUT2D eigenvalue weighted by Crippen LogP contribution is -2.52. The molecule has 1 atom stereocenters. The van der Waals surface area contributed by atoms with E-state index in [0.29, 0.717) is 19.4 Å². The number of ether oxygens (including phenoxy) is 2. The fourth-order valence-corrected chi connectivity index (χ4v) is 3.74. The van der Waals surface area contributed by atoms with Crippen LogP contribution in [0.2, 0.25) is 0 Å². The number of rotatable bonds is 4. The molecule has 1 aromatic rings. The highest BCUT2D eigenvalue weighted by Crippen LogP contribution is 2.33. The van der Waals surface area contributed by atoms with Crippen molar-refractivity contribution < 1.29 is 36.5 Å². The molecule has 0 bridgehead atoms. The number of piperidine rings is 1. The fourth-order valence-electron chi connectivity index (χ4n) is 3.12. The SMILES string of the molecule is COc1cc(N(C(=O)OC(C)(C)C)[C@@H]2CCCN(C(=O)O)C2)ccc1S(=O)(=O)F. The number of halogens is 1. The molecule has 0 aromatic heterocycles. The number of carboxylic acid groups (broad SMARTS) is 1. The van der Waals surface area contributed by atoms with Crippen molar-refractivity contribution in [3.8, 4) is 5.75 Å². The third-order valence-electron chi connectivity index (χ3n) is 4.31. The van der Waals surface area contributed by atoms with E-state index in [-0.39, 0.29) is 18.0 Å². The maximum Gasteiger partial charge on any atom is 0.415 e. The average Bonchev–Trinajstić information content (AvgIpc) is 2.59. The molecule has 1 aliphatic rings. The van der Waals surface area contributed by atoms with Crippen molar-refractivity contribution in [2.24, 2.45) is 0 Å². The first-order valence-corrected chi connectivity index (χ1v) is 10.3. The zero-order valence-corrected chi connectivity index (χ0v) is 17.5. The minimum absolute atomic E-state index is 0.0556. The van der Waals surface area contributed by atoms with Crippen molar-refractivity contribution in [3.05, 3.63) is 18.2 Å². The van der Waals surface area contributed by atoms with Crippen LogP contribution in [0.4, 0.5) is 19.2 Å². The Balaban J connectivity index is 2.50. The number of likely N-dealkylation sites (tertiary alicyclic amines) is 1. The minimum Gasteiger partial charge on any atom is -0.495 e. The molecular formula is C18H25FN2O7S. The molecule has 1 aromatic carbocycles. The van der Waals surface area contributed by atoms with Crippen LogP contribution >= 0.6 is 0 Å². The van der Waals surface area contributed by atoms with E-state index in [1.54, 1.807) is 20.8 Å². The molecule has 0 aliphatic carbocycles. The molecule has 2 rings (SSSR count). The van der Waals surface area contributed by atoms with Gasteiger partial charge in [-0.15, -0.1) is 3.89 Å². The van der Waals surface area contributed by atoms with E-state index in [0.717, 1.165) is 6.07 Å². The number of amides is 2. The van der Waals surface area contributed by atoms with Crippen molar-refractivity contribution in [3.63, 3.8) is 0 Å². The molecule has 11 heteroatoms. The van der Waals surface area contributed by atoms with Crippen LogP contribution < -0.4 is 9.64 Å². The van der Waals surface area contributed by atoms with Crippen molar-refractivity contribution in [2.45, 2.75) is 50.2 Å². The molecule has 0 saturated carbocycles. The first-order valence-electron chi connectivity index (χ1n) is 8.96. The molecule has 1 aliphatic heterocycles. The summed E-state index contributed by atoms with van der Waals surface area (Å²) in [4.78, 5) is 26.1. The summed E-state index contributed by atoms with van der Waals surface area (Å²) in [6.45, 7) is 5.46. The van der Waals surface area contributed by atoms with Gasteiger partial charge in [0, 0.05) is 19.2 Å². The number of methoxy groups -OCH3 is 1. The molecule has 0 unspecified atom stereocenters. The summed E-state index contributed by atoms with van der Waals surface area (Å²) < 4.78 is 46.6. The van der Waals surface area contributed by atoms with E-state index in [2.05, 4.69) is 0 Å². The van der Waals surface area contributed by atoms with E-state index < -0.39 is 38.9 Å². The quantitative estimate of drug-likeness (QED) is 0.727. The zero-order valence-electron chi connectivity index (χ0n) is 16.7. The van der Waals surface area contributed by atoms with Crippen LogP contribution in [-0.2, 0) is 15.0 Å². The number of anilines is 1. The topological polar surface area (TPSA) is 113 Å². The molecule has 162 valence electrons. The molecule has 1 heterocycles. The summed E-state index contributed by atoms with van der Waals surface area (Å²) in [5, 5.41) is 9.30. The highest BCUT2D eigenvalue weighted by molar-refractivity contribution is 7.86. The Kier molecular flexibility index (Phi) is 6.61. The number of hydrogen-bond acceptors (Lipinski definition) is 6. The van der Waals surface area contributed by atoms with Crippen LogP contribution in [0.25, 0.3) is 0 Å². The summed E-state index contributed by atoms with van der Waals surface area (Å²) in [6, 6.07) is 2.93.